The minimum Gasteiger partial charge on any atom is -0.454 e. The number of benzene rings is 2. The highest BCUT2D eigenvalue weighted by atomic mass is 16.7. The van der Waals surface area contributed by atoms with Crippen LogP contribution in [0.4, 0.5) is 10.5 Å². The number of carbonyl (C=O) groups excluding carboxylic acids is 3. The molecule has 0 saturated carbocycles. The van der Waals surface area contributed by atoms with Gasteiger partial charge in [0.1, 0.15) is 5.60 Å². The highest BCUT2D eigenvalue weighted by Gasteiger charge is 2.47. The summed E-state index contributed by atoms with van der Waals surface area (Å²) in [6, 6.07) is 15.9. The van der Waals surface area contributed by atoms with Crippen molar-refractivity contribution in [2.45, 2.75) is 25.0 Å². The van der Waals surface area contributed by atoms with Gasteiger partial charge in [-0.2, -0.15) is 9.59 Å². The first-order valence-corrected chi connectivity index (χ1v) is 9.78. The average molecular weight is 410 g/mol. The molecule has 8 heteroatoms. The van der Waals surface area contributed by atoms with Gasteiger partial charge < -0.3 is 14.2 Å². The fraction of sp³-hybridized carbons (Fsp3) is 0.364. The second kappa shape index (κ2) is 8.57. The molecular weight excluding hydrogens is 388 g/mol. The number of fused-ring (bicyclic) bond motifs is 1. The van der Waals surface area contributed by atoms with Crippen molar-refractivity contribution in [3.05, 3.63) is 54.1 Å². The number of nitrogens with zero attached hydrogens (tertiary/aromatic N) is 2. The molecule has 8 nitrogen and oxygen atoms in total. The number of hydrogen-bond acceptors (Lipinski definition) is 7. The lowest BCUT2D eigenvalue weighted by Gasteiger charge is -2.37. The maximum atomic E-state index is 12.4. The SMILES string of the molecule is O=C1OC2(CCN(Cc3ccc4c(c3)OCO4)CC2)CN1c1ccccc1.O=C=O. The summed E-state index contributed by atoms with van der Waals surface area (Å²) < 4.78 is 16.7. The molecule has 3 aliphatic heterocycles. The van der Waals surface area contributed by atoms with E-state index in [4.69, 9.17) is 23.8 Å². The van der Waals surface area contributed by atoms with Crippen LogP contribution >= 0.6 is 0 Å². The number of para-hydroxylation sites is 1. The van der Waals surface area contributed by atoms with Crippen molar-refractivity contribution in [3.63, 3.8) is 0 Å². The van der Waals surface area contributed by atoms with Gasteiger partial charge in [-0.25, -0.2) is 4.79 Å². The van der Waals surface area contributed by atoms with E-state index in [1.54, 1.807) is 4.90 Å². The van der Waals surface area contributed by atoms with Crippen LogP contribution in [-0.2, 0) is 20.9 Å². The summed E-state index contributed by atoms with van der Waals surface area (Å²) in [5.74, 6) is 1.64. The number of likely N-dealkylation sites (tertiary alicyclic amines) is 1. The van der Waals surface area contributed by atoms with E-state index >= 15 is 0 Å². The quantitative estimate of drug-likeness (QED) is 0.769. The van der Waals surface area contributed by atoms with Gasteiger partial charge in [-0.15, -0.1) is 0 Å². The van der Waals surface area contributed by atoms with Gasteiger partial charge in [0.2, 0.25) is 6.79 Å². The second-order valence-electron chi connectivity index (χ2n) is 7.52. The van der Waals surface area contributed by atoms with Gasteiger partial charge in [0.05, 0.1) is 6.54 Å². The molecule has 2 aromatic rings. The van der Waals surface area contributed by atoms with E-state index in [1.807, 2.05) is 36.4 Å². The molecule has 0 aromatic heterocycles. The molecule has 5 rings (SSSR count). The number of amides is 1. The monoisotopic (exact) mass is 410 g/mol. The van der Waals surface area contributed by atoms with Crippen molar-refractivity contribution in [3.8, 4) is 11.5 Å². The Kier molecular flexibility index (Phi) is 5.70. The highest BCUT2D eigenvalue weighted by Crippen LogP contribution is 2.37. The van der Waals surface area contributed by atoms with Gasteiger partial charge >= 0.3 is 12.2 Å². The number of carbonyl (C=O) groups is 1. The Morgan fingerprint density at radius 2 is 1.67 bits per heavy atom. The highest BCUT2D eigenvalue weighted by molar-refractivity contribution is 5.90. The number of hydrogen-bond donors (Lipinski definition) is 0. The lowest BCUT2D eigenvalue weighted by Crippen LogP contribution is -2.46. The van der Waals surface area contributed by atoms with Gasteiger partial charge in [0, 0.05) is 38.2 Å². The molecule has 2 aromatic carbocycles. The van der Waals surface area contributed by atoms with Crippen LogP contribution < -0.4 is 14.4 Å². The number of ether oxygens (including phenoxy) is 3. The predicted octanol–water partition coefficient (Wildman–Crippen LogP) is 2.82. The Bertz CT molecular complexity index is 934. The fourth-order valence-corrected chi connectivity index (χ4v) is 4.11. The predicted molar refractivity (Wildman–Crippen MR) is 105 cm³/mol. The van der Waals surface area contributed by atoms with E-state index in [-0.39, 0.29) is 17.8 Å². The maximum Gasteiger partial charge on any atom is 0.415 e. The zero-order valence-electron chi connectivity index (χ0n) is 16.4. The second-order valence-corrected chi connectivity index (χ2v) is 7.52. The molecule has 0 radical (unpaired) electrons. The van der Waals surface area contributed by atoms with Crippen LogP contribution in [0.2, 0.25) is 0 Å². The van der Waals surface area contributed by atoms with Crippen molar-refractivity contribution < 1.29 is 28.6 Å². The normalized spacial score (nSPS) is 19.1. The lowest BCUT2D eigenvalue weighted by atomic mass is 9.91. The summed E-state index contributed by atoms with van der Waals surface area (Å²) in [5, 5.41) is 0. The first-order chi connectivity index (χ1) is 14.6. The van der Waals surface area contributed by atoms with Crippen LogP contribution in [0.1, 0.15) is 18.4 Å². The van der Waals surface area contributed by atoms with Crippen molar-refractivity contribution in [2.24, 2.45) is 0 Å². The third-order valence-electron chi connectivity index (χ3n) is 5.65. The van der Waals surface area contributed by atoms with Crippen LogP contribution in [-0.4, -0.2) is 49.2 Å². The standard InChI is InChI=1S/C21H22N2O4.CO2/c24-20-23(17-4-2-1-3-5-17)14-21(27-20)8-10-22(11-9-21)13-16-6-7-18-19(12-16)26-15-25-18;2-1-3/h1-7,12H,8-11,13-15H2;. The molecule has 2 fully saturated rings. The molecule has 0 bridgehead atoms. The molecule has 0 N–H and O–H groups in total. The largest absolute Gasteiger partial charge is 0.454 e. The van der Waals surface area contributed by atoms with Crippen molar-refractivity contribution >= 4 is 17.9 Å². The molecule has 156 valence electrons. The van der Waals surface area contributed by atoms with E-state index < -0.39 is 0 Å². The van der Waals surface area contributed by atoms with Gasteiger partial charge in [-0.1, -0.05) is 24.3 Å². The molecule has 0 unspecified atom stereocenters. The third kappa shape index (κ3) is 4.15. The molecule has 30 heavy (non-hydrogen) atoms. The van der Waals surface area contributed by atoms with E-state index in [9.17, 15) is 4.79 Å². The molecule has 2 saturated heterocycles. The number of anilines is 1. The molecule has 3 heterocycles. The van der Waals surface area contributed by atoms with Crippen LogP contribution in [0.15, 0.2) is 48.5 Å². The summed E-state index contributed by atoms with van der Waals surface area (Å²) in [7, 11) is 0. The van der Waals surface area contributed by atoms with E-state index in [0.717, 1.165) is 49.7 Å². The van der Waals surface area contributed by atoms with Gasteiger partial charge in [0.25, 0.3) is 0 Å². The van der Waals surface area contributed by atoms with Crippen LogP contribution in [0.3, 0.4) is 0 Å². The zero-order chi connectivity index (χ0) is 21.0. The molecule has 0 aliphatic carbocycles. The fourth-order valence-electron chi connectivity index (χ4n) is 4.11. The topological polar surface area (TPSA) is 85.4 Å². The Hall–Kier alpha value is -3.35. The molecule has 1 amide bonds. The minimum absolute atomic E-state index is 0.231. The van der Waals surface area contributed by atoms with Gasteiger partial charge in [-0.05, 0) is 29.8 Å². The first-order valence-electron chi connectivity index (χ1n) is 9.78. The van der Waals surface area contributed by atoms with Crippen molar-refractivity contribution in [1.29, 1.82) is 0 Å². The van der Waals surface area contributed by atoms with Gasteiger partial charge in [0.15, 0.2) is 11.5 Å². The van der Waals surface area contributed by atoms with E-state index in [1.165, 1.54) is 5.56 Å². The van der Waals surface area contributed by atoms with Crippen LogP contribution in [0.25, 0.3) is 0 Å². The number of piperidine rings is 1. The summed E-state index contributed by atoms with van der Waals surface area (Å²) in [6.07, 6.45) is 1.73. The Morgan fingerprint density at radius 3 is 2.40 bits per heavy atom. The average Bonchev–Trinajstić information content (AvgIpc) is 3.35. The molecule has 0 atom stereocenters. The summed E-state index contributed by atoms with van der Waals surface area (Å²) >= 11 is 0. The first kappa shape index (κ1) is 19.9. The molecular formula is C22H22N2O6. The summed E-state index contributed by atoms with van der Waals surface area (Å²) in [5.41, 5.74) is 1.75. The maximum absolute atomic E-state index is 12.4. The Balaban J connectivity index is 0.000000687. The van der Waals surface area contributed by atoms with Gasteiger partial charge in [-0.3, -0.25) is 9.80 Å². The smallest absolute Gasteiger partial charge is 0.415 e. The Morgan fingerprint density at radius 1 is 0.967 bits per heavy atom. The van der Waals surface area contributed by atoms with Crippen LogP contribution in [0.5, 0.6) is 11.5 Å². The molecule has 1 spiro atoms. The van der Waals surface area contributed by atoms with E-state index in [0.29, 0.717) is 13.3 Å². The third-order valence-corrected chi connectivity index (χ3v) is 5.65. The zero-order valence-corrected chi connectivity index (χ0v) is 16.4. The Labute approximate surface area is 173 Å². The summed E-state index contributed by atoms with van der Waals surface area (Å²) in [4.78, 5) is 32.8. The molecule has 3 aliphatic rings. The summed E-state index contributed by atoms with van der Waals surface area (Å²) in [6.45, 7) is 3.61. The van der Waals surface area contributed by atoms with E-state index in [2.05, 4.69) is 17.0 Å². The van der Waals surface area contributed by atoms with Crippen molar-refractivity contribution in [2.75, 3.05) is 31.3 Å². The number of rotatable bonds is 3. The van der Waals surface area contributed by atoms with Crippen molar-refractivity contribution in [1.82, 2.24) is 4.90 Å². The van der Waals surface area contributed by atoms with Crippen LogP contribution in [0, 0.1) is 0 Å². The minimum atomic E-state index is -0.363. The lowest BCUT2D eigenvalue weighted by molar-refractivity contribution is -0.191.